The van der Waals surface area contributed by atoms with Crippen molar-refractivity contribution in [2.24, 2.45) is 5.92 Å². The quantitative estimate of drug-likeness (QED) is 0.786. The van der Waals surface area contributed by atoms with Gasteiger partial charge in [-0.3, -0.25) is 4.90 Å². The third-order valence-electron chi connectivity index (χ3n) is 5.57. The van der Waals surface area contributed by atoms with E-state index in [1.165, 1.54) is 29.6 Å². The third-order valence-corrected chi connectivity index (χ3v) is 5.57. The van der Waals surface area contributed by atoms with Gasteiger partial charge in [-0.05, 0) is 36.6 Å². The maximum absolute atomic E-state index is 4.43. The van der Waals surface area contributed by atoms with Crippen LogP contribution in [0.15, 0.2) is 54.9 Å². The van der Waals surface area contributed by atoms with Gasteiger partial charge in [-0.15, -0.1) is 0 Å². The number of hydrogen-bond donors (Lipinski definition) is 1. The van der Waals surface area contributed by atoms with E-state index in [2.05, 4.69) is 76.2 Å². The number of nitrogens with one attached hydrogen (secondary N) is 1. The number of anilines is 1. The van der Waals surface area contributed by atoms with Gasteiger partial charge in [0.2, 0.25) is 0 Å². The lowest BCUT2D eigenvalue weighted by atomic mass is 9.91. The van der Waals surface area contributed by atoms with E-state index in [1.807, 2.05) is 12.4 Å². The predicted octanol–water partition coefficient (Wildman–Crippen LogP) is 3.91. The number of pyridine rings is 1. The molecular weight excluding hydrogens is 308 g/mol. The summed E-state index contributed by atoms with van der Waals surface area (Å²) in [4.78, 5) is 12.7. The Balaban J connectivity index is 1.54. The van der Waals surface area contributed by atoms with Crippen LogP contribution in [0.1, 0.15) is 18.9 Å². The van der Waals surface area contributed by atoms with Crippen LogP contribution in [0.25, 0.3) is 11.0 Å². The number of fused-ring (bicyclic) bond motifs is 1. The van der Waals surface area contributed by atoms with Crippen molar-refractivity contribution in [3.8, 4) is 0 Å². The number of likely N-dealkylation sites (tertiary alicyclic amines) is 1. The van der Waals surface area contributed by atoms with Crippen molar-refractivity contribution in [2.45, 2.75) is 25.9 Å². The van der Waals surface area contributed by atoms with Gasteiger partial charge in [0, 0.05) is 49.6 Å². The van der Waals surface area contributed by atoms with Crippen LogP contribution < -0.4 is 4.90 Å². The maximum Gasteiger partial charge on any atom is 0.139 e. The molecule has 0 aliphatic carbocycles. The molecule has 0 spiro atoms. The van der Waals surface area contributed by atoms with Gasteiger partial charge in [0.15, 0.2) is 0 Å². The maximum atomic E-state index is 4.43. The van der Waals surface area contributed by atoms with Gasteiger partial charge in [0.1, 0.15) is 5.65 Å². The number of aromatic nitrogens is 2. The zero-order valence-corrected chi connectivity index (χ0v) is 15.0. The van der Waals surface area contributed by atoms with Crippen LogP contribution in [0.2, 0.25) is 0 Å². The van der Waals surface area contributed by atoms with Gasteiger partial charge in [0.25, 0.3) is 0 Å². The van der Waals surface area contributed by atoms with Crippen molar-refractivity contribution in [2.75, 3.05) is 25.0 Å². The van der Waals surface area contributed by atoms with Crippen LogP contribution in [0.5, 0.6) is 0 Å². The molecule has 0 amide bonds. The molecule has 3 aromatic rings. The topological polar surface area (TPSA) is 35.2 Å². The summed E-state index contributed by atoms with van der Waals surface area (Å²) in [7, 11) is 2.23. The van der Waals surface area contributed by atoms with Crippen LogP contribution in [0.4, 0.5) is 5.69 Å². The lowest BCUT2D eigenvalue weighted by Gasteiger charge is -2.42. The number of likely N-dealkylation sites (N-methyl/N-ethyl adjacent to an activating group) is 1. The minimum atomic E-state index is 0.512. The second kappa shape index (κ2) is 6.89. The van der Waals surface area contributed by atoms with Crippen LogP contribution in [-0.2, 0) is 6.54 Å². The first-order valence-corrected chi connectivity index (χ1v) is 9.13. The Hall–Kier alpha value is -2.33. The average Bonchev–Trinajstić information content (AvgIpc) is 3.12. The van der Waals surface area contributed by atoms with E-state index in [0.29, 0.717) is 12.0 Å². The first-order chi connectivity index (χ1) is 12.2. The zero-order chi connectivity index (χ0) is 17.2. The summed E-state index contributed by atoms with van der Waals surface area (Å²) in [6, 6.07) is 15.6. The van der Waals surface area contributed by atoms with Crippen LogP contribution in [0, 0.1) is 5.92 Å². The molecule has 1 N–H and O–H groups in total. The lowest BCUT2D eigenvalue weighted by molar-refractivity contribution is 0.159. The number of rotatable bonds is 4. The van der Waals surface area contributed by atoms with E-state index >= 15 is 0 Å². The smallest absolute Gasteiger partial charge is 0.139 e. The SMILES string of the molecule is CC1CCN(Cc2ccccc2)CC1N(C)c1ccnc2[nH]ccc12. The normalized spacial score (nSPS) is 21.5. The van der Waals surface area contributed by atoms with E-state index in [0.717, 1.165) is 18.7 Å². The van der Waals surface area contributed by atoms with Gasteiger partial charge in [-0.2, -0.15) is 0 Å². The zero-order valence-electron chi connectivity index (χ0n) is 15.0. The third kappa shape index (κ3) is 3.27. The molecule has 2 atom stereocenters. The Morgan fingerprint density at radius 3 is 2.88 bits per heavy atom. The summed E-state index contributed by atoms with van der Waals surface area (Å²) in [6.45, 7) is 5.70. The van der Waals surface area contributed by atoms with Crippen molar-refractivity contribution >= 4 is 16.7 Å². The molecule has 1 saturated heterocycles. The Kier molecular flexibility index (Phi) is 4.45. The van der Waals surface area contributed by atoms with Gasteiger partial charge < -0.3 is 9.88 Å². The largest absolute Gasteiger partial charge is 0.369 e. The van der Waals surface area contributed by atoms with Gasteiger partial charge >= 0.3 is 0 Å². The van der Waals surface area contributed by atoms with E-state index < -0.39 is 0 Å². The highest BCUT2D eigenvalue weighted by Gasteiger charge is 2.30. The summed E-state index contributed by atoms with van der Waals surface area (Å²) in [5.74, 6) is 0.680. The highest BCUT2D eigenvalue weighted by molar-refractivity contribution is 5.89. The highest BCUT2D eigenvalue weighted by atomic mass is 15.2. The van der Waals surface area contributed by atoms with Crippen LogP contribution in [-0.4, -0.2) is 41.0 Å². The molecule has 4 heteroatoms. The molecule has 2 aromatic heterocycles. The fourth-order valence-electron chi connectivity index (χ4n) is 4.04. The van der Waals surface area contributed by atoms with E-state index in [1.54, 1.807) is 0 Å². The Labute approximate surface area is 149 Å². The summed E-state index contributed by atoms with van der Waals surface area (Å²) in [5.41, 5.74) is 3.63. The minimum absolute atomic E-state index is 0.512. The first-order valence-electron chi connectivity index (χ1n) is 9.13. The summed E-state index contributed by atoms with van der Waals surface area (Å²) < 4.78 is 0. The summed E-state index contributed by atoms with van der Waals surface area (Å²) in [6.07, 6.45) is 5.12. The number of H-pyrrole nitrogens is 1. The predicted molar refractivity (Wildman–Crippen MR) is 104 cm³/mol. The standard InChI is InChI=1S/C21H26N4/c1-16-10-13-25(14-17-6-4-3-5-7-17)15-20(16)24(2)19-9-12-23-21-18(19)8-11-22-21/h3-9,11-12,16,20H,10,13-15H2,1-2H3,(H,22,23). The number of hydrogen-bond acceptors (Lipinski definition) is 3. The van der Waals surface area contributed by atoms with E-state index in [-0.39, 0.29) is 0 Å². The lowest BCUT2D eigenvalue weighted by Crippen LogP contribution is -2.50. The summed E-state index contributed by atoms with van der Waals surface area (Å²) >= 11 is 0. The van der Waals surface area contributed by atoms with E-state index in [9.17, 15) is 0 Å². The van der Waals surface area contributed by atoms with Crippen molar-refractivity contribution < 1.29 is 0 Å². The second-order valence-electron chi connectivity index (χ2n) is 7.23. The molecule has 0 bridgehead atoms. The molecule has 0 radical (unpaired) electrons. The molecule has 1 aliphatic rings. The highest BCUT2D eigenvalue weighted by Crippen LogP contribution is 2.30. The fraction of sp³-hybridized carbons (Fsp3) is 0.381. The van der Waals surface area contributed by atoms with Crippen molar-refractivity contribution in [3.63, 3.8) is 0 Å². The van der Waals surface area contributed by atoms with Crippen molar-refractivity contribution in [1.82, 2.24) is 14.9 Å². The molecule has 4 rings (SSSR count). The fourth-order valence-corrected chi connectivity index (χ4v) is 4.04. The molecule has 3 heterocycles. The average molecular weight is 334 g/mol. The molecule has 2 unspecified atom stereocenters. The van der Waals surface area contributed by atoms with Crippen LogP contribution in [0.3, 0.4) is 0 Å². The monoisotopic (exact) mass is 334 g/mol. The molecule has 1 aromatic carbocycles. The molecule has 1 aliphatic heterocycles. The van der Waals surface area contributed by atoms with Gasteiger partial charge in [0.05, 0.1) is 0 Å². The Bertz CT molecular complexity index is 826. The molecular formula is C21H26N4. The van der Waals surface area contributed by atoms with E-state index in [4.69, 9.17) is 0 Å². The van der Waals surface area contributed by atoms with Crippen molar-refractivity contribution in [1.29, 1.82) is 0 Å². The van der Waals surface area contributed by atoms with Gasteiger partial charge in [-0.25, -0.2) is 4.98 Å². The minimum Gasteiger partial charge on any atom is -0.369 e. The molecule has 25 heavy (non-hydrogen) atoms. The number of nitrogens with zero attached hydrogens (tertiary/aromatic N) is 3. The van der Waals surface area contributed by atoms with Gasteiger partial charge in [-0.1, -0.05) is 37.3 Å². The van der Waals surface area contributed by atoms with Crippen LogP contribution >= 0.6 is 0 Å². The molecule has 1 fully saturated rings. The molecule has 130 valence electrons. The number of aromatic amines is 1. The van der Waals surface area contributed by atoms with Crippen molar-refractivity contribution in [3.05, 3.63) is 60.4 Å². The number of benzene rings is 1. The summed E-state index contributed by atoms with van der Waals surface area (Å²) in [5, 5.41) is 1.21. The number of piperidine rings is 1. The Morgan fingerprint density at radius 1 is 1.20 bits per heavy atom. The second-order valence-corrected chi connectivity index (χ2v) is 7.23. The first kappa shape index (κ1) is 16.2. The molecule has 0 saturated carbocycles. The molecule has 4 nitrogen and oxygen atoms in total. The Morgan fingerprint density at radius 2 is 2.04 bits per heavy atom.